The van der Waals surface area contributed by atoms with Crippen LogP contribution in [0.15, 0.2) is 0 Å². The molecule has 1 saturated carbocycles. The van der Waals surface area contributed by atoms with Gasteiger partial charge in [0.1, 0.15) is 5.54 Å². The van der Waals surface area contributed by atoms with E-state index in [4.69, 9.17) is 10.8 Å². The molecule has 82 valence electrons. The Morgan fingerprint density at radius 2 is 1.29 bits per heavy atom. The van der Waals surface area contributed by atoms with Gasteiger partial charge in [0.15, 0.2) is 0 Å². The SMILES string of the molecule is NC1(C(=O)O)CCCCCCCCC1. The van der Waals surface area contributed by atoms with Crippen LogP contribution in [0.25, 0.3) is 0 Å². The summed E-state index contributed by atoms with van der Waals surface area (Å²) >= 11 is 0. The molecule has 0 aromatic rings. The van der Waals surface area contributed by atoms with Crippen molar-refractivity contribution < 1.29 is 9.90 Å². The summed E-state index contributed by atoms with van der Waals surface area (Å²) in [6.45, 7) is 0. The summed E-state index contributed by atoms with van der Waals surface area (Å²) in [6.07, 6.45) is 9.23. The van der Waals surface area contributed by atoms with E-state index >= 15 is 0 Å². The van der Waals surface area contributed by atoms with Crippen molar-refractivity contribution in [1.29, 1.82) is 0 Å². The van der Waals surface area contributed by atoms with Crippen molar-refractivity contribution in [1.82, 2.24) is 0 Å². The van der Waals surface area contributed by atoms with Gasteiger partial charge in [-0.1, -0.05) is 44.9 Å². The second-order valence-corrected chi connectivity index (χ2v) is 4.44. The fourth-order valence-corrected chi connectivity index (χ4v) is 2.10. The first-order valence-electron chi connectivity index (χ1n) is 5.67. The van der Waals surface area contributed by atoms with Gasteiger partial charge in [0.2, 0.25) is 0 Å². The topological polar surface area (TPSA) is 63.3 Å². The van der Waals surface area contributed by atoms with Crippen LogP contribution < -0.4 is 5.73 Å². The minimum Gasteiger partial charge on any atom is -0.480 e. The highest BCUT2D eigenvalue weighted by Gasteiger charge is 2.32. The molecule has 0 amide bonds. The number of carbonyl (C=O) groups is 1. The molecule has 0 saturated heterocycles. The molecule has 1 aliphatic rings. The maximum absolute atomic E-state index is 11.0. The van der Waals surface area contributed by atoms with Crippen LogP contribution in [-0.2, 0) is 4.79 Å². The first-order chi connectivity index (χ1) is 6.65. The Labute approximate surface area is 85.7 Å². The van der Waals surface area contributed by atoms with Crippen molar-refractivity contribution >= 4 is 5.97 Å². The average Bonchev–Trinajstić information content (AvgIpc) is 2.16. The van der Waals surface area contributed by atoms with Crippen LogP contribution in [-0.4, -0.2) is 16.6 Å². The smallest absolute Gasteiger partial charge is 0.323 e. The van der Waals surface area contributed by atoms with E-state index < -0.39 is 11.5 Å². The van der Waals surface area contributed by atoms with Crippen molar-refractivity contribution in [2.75, 3.05) is 0 Å². The summed E-state index contributed by atoms with van der Waals surface area (Å²) in [7, 11) is 0. The van der Waals surface area contributed by atoms with Crippen LogP contribution in [0, 0.1) is 0 Å². The molecule has 0 aromatic carbocycles. The van der Waals surface area contributed by atoms with E-state index in [2.05, 4.69) is 0 Å². The van der Waals surface area contributed by atoms with E-state index in [9.17, 15) is 4.79 Å². The van der Waals surface area contributed by atoms with Gasteiger partial charge in [0.05, 0.1) is 0 Å². The lowest BCUT2D eigenvalue weighted by atomic mass is 9.86. The number of hydrogen-bond donors (Lipinski definition) is 2. The van der Waals surface area contributed by atoms with Crippen LogP contribution >= 0.6 is 0 Å². The zero-order valence-electron chi connectivity index (χ0n) is 8.80. The number of nitrogens with two attached hydrogens (primary N) is 1. The summed E-state index contributed by atoms with van der Waals surface area (Å²) in [6, 6.07) is 0. The van der Waals surface area contributed by atoms with Gasteiger partial charge >= 0.3 is 5.97 Å². The van der Waals surface area contributed by atoms with Gasteiger partial charge in [-0.3, -0.25) is 4.79 Å². The van der Waals surface area contributed by atoms with Gasteiger partial charge in [-0.2, -0.15) is 0 Å². The highest BCUT2D eigenvalue weighted by molar-refractivity contribution is 5.78. The average molecular weight is 199 g/mol. The number of rotatable bonds is 1. The summed E-state index contributed by atoms with van der Waals surface area (Å²) < 4.78 is 0. The fraction of sp³-hybridized carbons (Fsp3) is 0.909. The quantitative estimate of drug-likeness (QED) is 0.681. The summed E-state index contributed by atoms with van der Waals surface area (Å²) in [4.78, 5) is 11.0. The Bertz CT molecular complexity index is 182. The van der Waals surface area contributed by atoms with E-state index in [0.717, 1.165) is 25.7 Å². The molecule has 0 unspecified atom stereocenters. The third-order valence-corrected chi connectivity index (χ3v) is 3.17. The zero-order valence-corrected chi connectivity index (χ0v) is 8.80. The largest absolute Gasteiger partial charge is 0.480 e. The van der Waals surface area contributed by atoms with Crippen molar-refractivity contribution in [3.8, 4) is 0 Å². The summed E-state index contributed by atoms with van der Waals surface area (Å²) in [5, 5.41) is 9.05. The lowest BCUT2D eigenvalue weighted by Gasteiger charge is -2.25. The monoisotopic (exact) mass is 199 g/mol. The van der Waals surface area contributed by atoms with E-state index in [-0.39, 0.29) is 0 Å². The third-order valence-electron chi connectivity index (χ3n) is 3.17. The Kier molecular flexibility index (Phi) is 4.39. The maximum atomic E-state index is 11.0. The van der Waals surface area contributed by atoms with Crippen molar-refractivity contribution in [2.45, 2.75) is 63.3 Å². The number of carboxylic acid groups (broad SMARTS) is 1. The molecule has 0 spiro atoms. The molecule has 3 heteroatoms. The van der Waals surface area contributed by atoms with Crippen LogP contribution in [0.4, 0.5) is 0 Å². The normalized spacial score (nSPS) is 24.1. The summed E-state index contributed by atoms with van der Waals surface area (Å²) in [5.41, 5.74) is 4.95. The van der Waals surface area contributed by atoms with E-state index in [1.54, 1.807) is 0 Å². The second kappa shape index (κ2) is 5.35. The molecule has 3 nitrogen and oxygen atoms in total. The van der Waals surface area contributed by atoms with E-state index in [1.807, 2.05) is 0 Å². The van der Waals surface area contributed by atoms with Gasteiger partial charge in [-0.25, -0.2) is 0 Å². The zero-order chi connectivity index (χ0) is 10.4. The molecular formula is C11H21NO2. The Morgan fingerprint density at radius 1 is 0.929 bits per heavy atom. The first kappa shape index (κ1) is 11.5. The highest BCUT2D eigenvalue weighted by Crippen LogP contribution is 2.23. The van der Waals surface area contributed by atoms with E-state index in [0.29, 0.717) is 12.8 Å². The number of hydrogen-bond acceptors (Lipinski definition) is 2. The van der Waals surface area contributed by atoms with Crippen molar-refractivity contribution in [3.63, 3.8) is 0 Å². The first-order valence-corrected chi connectivity index (χ1v) is 5.67. The molecular weight excluding hydrogens is 178 g/mol. The lowest BCUT2D eigenvalue weighted by molar-refractivity contribution is -0.144. The number of aliphatic carboxylic acids is 1. The third kappa shape index (κ3) is 3.29. The van der Waals surface area contributed by atoms with Crippen LogP contribution in [0.1, 0.15) is 57.8 Å². The standard InChI is InChI=1S/C11H21NO2/c12-11(10(13)14)8-6-4-2-1-3-5-7-9-11/h1-9,12H2,(H,13,14). The van der Waals surface area contributed by atoms with Crippen LogP contribution in [0.2, 0.25) is 0 Å². The molecule has 0 bridgehead atoms. The molecule has 0 heterocycles. The minimum atomic E-state index is -0.947. The Balaban J connectivity index is 2.49. The van der Waals surface area contributed by atoms with Gasteiger partial charge < -0.3 is 10.8 Å². The summed E-state index contributed by atoms with van der Waals surface area (Å²) in [5.74, 6) is -0.821. The molecule has 14 heavy (non-hydrogen) atoms. The van der Waals surface area contributed by atoms with Crippen molar-refractivity contribution in [2.24, 2.45) is 5.73 Å². The number of carboxylic acids is 1. The molecule has 1 rings (SSSR count). The minimum absolute atomic E-state index is 0.641. The molecule has 0 atom stereocenters. The van der Waals surface area contributed by atoms with Crippen molar-refractivity contribution in [3.05, 3.63) is 0 Å². The second-order valence-electron chi connectivity index (χ2n) is 4.44. The molecule has 0 aliphatic heterocycles. The Hall–Kier alpha value is -0.570. The predicted molar refractivity (Wildman–Crippen MR) is 56.1 cm³/mol. The lowest BCUT2D eigenvalue weighted by Crippen LogP contribution is -2.47. The molecule has 0 radical (unpaired) electrons. The molecule has 3 N–H and O–H groups in total. The molecule has 1 aliphatic carbocycles. The van der Waals surface area contributed by atoms with Gasteiger partial charge in [0.25, 0.3) is 0 Å². The van der Waals surface area contributed by atoms with E-state index in [1.165, 1.54) is 19.3 Å². The van der Waals surface area contributed by atoms with Crippen LogP contribution in [0.5, 0.6) is 0 Å². The van der Waals surface area contributed by atoms with Gasteiger partial charge in [-0.15, -0.1) is 0 Å². The molecule has 0 aromatic heterocycles. The Morgan fingerprint density at radius 3 is 1.64 bits per heavy atom. The van der Waals surface area contributed by atoms with Gasteiger partial charge in [0, 0.05) is 0 Å². The molecule has 1 fully saturated rings. The fourth-order valence-electron chi connectivity index (χ4n) is 2.10. The predicted octanol–water partition coefficient (Wildman–Crippen LogP) is 2.29. The highest BCUT2D eigenvalue weighted by atomic mass is 16.4. The van der Waals surface area contributed by atoms with Crippen LogP contribution in [0.3, 0.4) is 0 Å². The van der Waals surface area contributed by atoms with Gasteiger partial charge in [-0.05, 0) is 12.8 Å². The maximum Gasteiger partial charge on any atom is 0.323 e.